The van der Waals surface area contributed by atoms with Gasteiger partial charge >= 0.3 is 5.97 Å². The monoisotopic (exact) mass is 430 g/mol. The van der Waals surface area contributed by atoms with Gasteiger partial charge in [0.2, 0.25) is 5.75 Å². The molecule has 1 aromatic rings. The second-order valence-electron chi connectivity index (χ2n) is 7.45. The number of hydrazone groups is 2. The number of benzene rings is 1. The summed E-state index contributed by atoms with van der Waals surface area (Å²) in [5, 5.41) is 16.7. The van der Waals surface area contributed by atoms with Gasteiger partial charge in [-0.3, -0.25) is 10.2 Å². The predicted octanol–water partition coefficient (Wildman–Crippen LogP) is 3.07. The van der Waals surface area contributed by atoms with Crippen molar-refractivity contribution in [3.05, 3.63) is 22.8 Å². The lowest BCUT2D eigenvalue weighted by atomic mass is 9.95. The highest BCUT2D eigenvalue weighted by atomic mass is 16.5. The number of carboxylic acids is 1. The highest BCUT2D eigenvalue weighted by Gasteiger charge is 2.31. The summed E-state index contributed by atoms with van der Waals surface area (Å²) in [7, 11) is 3.24. The molecule has 0 saturated carbocycles. The largest absolute Gasteiger partial charge is 0.492 e. The van der Waals surface area contributed by atoms with Crippen LogP contribution in [0.2, 0.25) is 0 Å². The Labute approximate surface area is 181 Å². The van der Waals surface area contributed by atoms with Gasteiger partial charge in [0.1, 0.15) is 6.34 Å². The molecule has 2 aliphatic rings. The molecule has 0 bridgehead atoms. The van der Waals surface area contributed by atoms with Crippen molar-refractivity contribution in [3.8, 4) is 17.2 Å². The summed E-state index contributed by atoms with van der Waals surface area (Å²) in [6.07, 6.45) is 7.22. The first-order chi connectivity index (χ1) is 15.1. The Bertz CT molecular complexity index is 908. The van der Waals surface area contributed by atoms with Crippen LogP contribution in [-0.4, -0.2) is 44.0 Å². The van der Waals surface area contributed by atoms with Gasteiger partial charge in [0.25, 0.3) is 0 Å². The van der Waals surface area contributed by atoms with E-state index in [9.17, 15) is 4.79 Å². The van der Waals surface area contributed by atoms with Crippen LogP contribution in [0.5, 0.6) is 17.2 Å². The van der Waals surface area contributed by atoms with Crippen LogP contribution in [0.4, 0.5) is 0 Å². The van der Waals surface area contributed by atoms with Crippen LogP contribution in [0, 0.1) is 0 Å². The van der Waals surface area contributed by atoms with Gasteiger partial charge in [-0.1, -0.05) is 0 Å². The summed E-state index contributed by atoms with van der Waals surface area (Å²) in [4.78, 5) is 10.7. The zero-order valence-corrected chi connectivity index (χ0v) is 18.1. The van der Waals surface area contributed by atoms with E-state index in [1.165, 1.54) is 17.5 Å². The van der Waals surface area contributed by atoms with Crippen molar-refractivity contribution in [3.63, 3.8) is 0 Å². The van der Waals surface area contributed by atoms with E-state index in [0.29, 0.717) is 36.7 Å². The predicted molar refractivity (Wildman–Crippen MR) is 119 cm³/mol. The Morgan fingerprint density at radius 1 is 1.16 bits per heavy atom. The first-order valence-corrected chi connectivity index (χ1v) is 10.5. The van der Waals surface area contributed by atoms with Gasteiger partial charge in [-0.05, 0) is 67.7 Å². The number of allylic oxidation sites excluding steroid dienone is 2. The van der Waals surface area contributed by atoms with E-state index in [4.69, 9.17) is 25.2 Å². The number of aryl methyl sites for hydroxylation is 1. The molecule has 0 spiro atoms. The molecule has 0 amide bonds. The number of ether oxygens (including phenoxy) is 3. The number of carbonyl (C=O) groups is 1. The number of hydrogen-bond acceptors (Lipinski definition) is 7. The standard InChI is InChI=1S/C22H30N4O5/c1-29-21-18(31-11-4-3-8-19(27)28)12-14-9-10-17(26-25-13-24-23)15-6-5-7-16(15)20(14)22(21)30-2/h12-13H,3-11,23H2,1-2H3,(H,24,25)(H,27,28). The van der Waals surface area contributed by atoms with Crippen molar-refractivity contribution in [2.45, 2.75) is 51.4 Å². The summed E-state index contributed by atoms with van der Waals surface area (Å²) in [6, 6.07) is 2.02. The molecule has 3 rings (SSSR count). The molecule has 4 N–H and O–H groups in total. The van der Waals surface area contributed by atoms with Crippen LogP contribution in [0.15, 0.2) is 21.8 Å². The van der Waals surface area contributed by atoms with Gasteiger partial charge in [0, 0.05) is 12.0 Å². The number of nitrogens with zero attached hydrogens (tertiary/aromatic N) is 2. The third-order valence-electron chi connectivity index (χ3n) is 5.57. The number of nitrogens with one attached hydrogen (secondary N) is 1. The fourth-order valence-electron chi connectivity index (χ4n) is 4.26. The molecule has 1 aromatic carbocycles. The number of methoxy groups -OCH3 is 2. The third kappa shape index (κ3) is 5.10. The number of unbranched alkanes of at least 4 members (excludes halogenated alkanes) is 1. The topological polar surface area (TPSA) is 128 Å². The Balaban J connectivity index is 1.94. The van der Waals surface area contributed by atoms with Gasteiger partial charge in [-0.15, -0.1) is 0 Å². The minimum absolute atomic E-state index is 0.135. The van der Waals surface area contributed by atoms with Crippen LogP contribution < -0.4 is 25.5 Å². The summed E-state index contributed by atoms with van der Waals surface area (Å²) >= 11 is 0. The zero-order valence-electron chi connectivity index (χ0n) is 18.1. The second-order valence-corrected chi connectivity index (χ2v) is 7.45. The summed E-state index contributed by atoms with van der Waals surface area (Å²) in [5.74, 6) is 6.22. The van der Waals surface area contributed by atoms with Gasteiger partial charge in [0.15, 0.2) is 11.5 Å². The molecule has 9 nitrogen and oxygen atoms in total. The average molecular weight is 431 g/mol. The van der Waals surface area contributed by atoms with Crippen molar-refractivity contribution in [1.82, 2.24) is 5.43 Å². The van der Waals surface area contributed by atoms with Crippen molar-refractivity contribution in [2.24, 2.45) is 16.0 Å². The molecule has 0 atom stereocenters. The Kier molecular flexibility index (Phi) is 7.75. The molecule has 0 aliphatic heterocycles. The van der Waals surface area contributed by atoms with E-state index < -0.39 is 5.97 Å². The van der Waals surface area contributed by atoms with E-state index in [1.807, 2.05) is 6.07 Å². The zero-order chi connectivity index (χ0) is 22.2. The van der Waals surface area contributed by atoms with Crippen molar-refractivity contribution < 1.29 is 24.1 Å². The number of carboxylic acid groups (broad SMARTS) is 1. The minimum atomic E-state index is -0.797. The molecule has 31 heavy (non-hydrogen) atoms. The average Bonchev–Trinajstić information content (AvgIpc) is 3.18. The van der Waals surface area contributed by atoms with Gasteiger partial charge in [-0.2, -0.15) is 10.2 Å². The minimum Gasteiger partial charge on any atom is -0.492 e. The molecule has 0 heterocycles. The van der Waals surface area contributed by atoms with Gasteiger partial charge in [0.05, 0.1) is 26.5 Å². The molecule has 9 heteroatoms. The molecule has 168 valence electrons. The lowest BCUT2D eigenvalue weighted by Crippen LogP contribution is -2.11. The second kappa shape index (κ2) is 10.7. The molecular weight excluding hydrogens is 400 g/mol. The van der Waals surface area contributed by atoms with E-state index in [2.05, 4.69) is 15.6 Å². The summed E-state index contributed by atoms with van der Waals surface area (Å²) in [6.45, 7) is 0.411. The number of fused-ring (bicyclic) bond motifs is 2. The molecule has 0 unspecified atom stereocenters. The van der Waals surface area contributed by atoms with E-state index in [-0.39, 0.29) is 6.42 Å². The maximum Gasteiger partial charge on any atom is 0.303 e. The van der Waals surface area contributed by atoms with Crippen LogP contribution in [0.25, 0.3) is 5.57 Å². The quantitative estimate of drug-likeness (QED) is 0.171. The van der Waals surface area contributed by atoms with Crippen molar-refractivity contribution in [2.75, 3.05) is 20.8 Å². The summed E-state index contributed by atoms with van der Waals surface area (Å²) < 4.78 is 17.5. The first kappa shape index (κ1) is 22.5. The molecule has 2 aliphatic carbocycles. The highest BCUT2D eigenvalue weighted by Crippen LogP contribution is 2.50. The van der Waals surface area contributed by atoms with E-state index >= 15 is 0 Å². The van der Waals surface area contributed by atoms with E-state index in [1.54, 1.807) is 14.2 Å². The van der Waals surface area contributed by atoms with Crippen LogP contribution in [0.1, 0.15) is 56.1 Å². The normalized spacial score (nSPS) is 16.8. The molecule has 0 radical (unpaired) electrons. The fraction of sp³-hybridized carbons (Fsp3) is 0.500. The number of nitrogens with two attached hydrogens (primary N) is 1. The molecule has 0 aromatic heterocycles. The van der Waals surface area contributed by atoms with Crippen LogP contribution >= 0.6 is 0 Å². The Morgan fingerprint density at radius 3 is 2.65 bits per heavy atom. The first-order valence-electron chi connectivity index (χ1n) is 10.5. The number of aliphatic carboxylic acids is 1. The van der Waals surface area contributed by atoms with Crippen LogP contribution in [-0.2, 0) is 11.2 Å². The van der Waals surface area contributed by atoms with Crippen molar-refractivity contribution >= 4 is 23.6 Å². The Hall–Kier alpha value is -3.23. The maximum absolute atomic E-state index is 10.7. The summed E-state index contributed by atoms with van der Waals surface area (Å²) in [5.41, 5.74) is 8.47. The number of hydrogen-bond donors (Lipinski definition) is 3. The van der Waals surface area contributed by atoms with Gasteiger partial charge < -0.3 is 25.2 Å². The Morgan fingerprint density at radius 2 is 1.94 bits per heavy atom. The fourth-order valence-corrected chi connectivity index (χ4v) is 4.26. The smallest absolute Gasteiger partial charge is 0.303 e. The lowest BCUT2D eigenvalue weighted by molar-refractivity contribution is -0.137. The maximum atomic E-state index is 10.7. The van der Waals surface area contributed by atoms with Crippen LogP contribution in [0.3, 0.4) is 0 Å². The highest BCUT2D eigenvalue weighted by molar-refractivity contribution is 6.09. The SMILES string of the molecule is COc1c(OCCCCC(=O)O)cc2c(c1OC)C1=C(CCC1)C(=NNC=NN)CC2. The molecular formula is C22H30N4O5. The van der Waals surface area contributed by atoms with Gasteiger partial charge in [-0.25, -0.2) is 0 Å². The van der Waals surface area contributed by atoms with Crippen molar-refractivity contribution in [1.29, 1.82) is 0 Å². The van der Waals surface area contributed by atoms with E-state index in [0.717, 1.165) is 48.9 Å². The lowest BCUT2D eigenvalue weighted by Gasteiger charge is -2.20. The number of rotatable bonds is 10. The molecule has 0 saturated heterocycles. The molecule has 0 fully saturated rings. The third-order valence-corrected chi connectivity index (χ3v) is 5.57.